The topological polar surface area (TPSA) is 67.4 Å². The molecule has 0 fully saturated rings. The summed E-state index contributed by atoms with van der Waals surface area (Å²) >= 11 is 0. The first-order chi connectivity index (χ1) is 13.0. The van der Waals surface area contributed by atoms with Gasteiger partial charge in [0.25, 0.3) is 11.8 Å². The van der Waals surface area contributed by atoms with Gasteiger partial charge in [-0.2, -0.15) is 0 Å². The van der Waals surface area contributed by atoms with Crippen molar-refractivity contribution in [2.75, 3.05) is 10.6 Å². The summed E-state index contributed by atoms with van der Waals surface area (Å²) in [6.07, 6.45) is 0. The molecule has 2 N–H and O–H groups in total. The number of hydrogen-bond donors (Lipinski definition) is 2. The van der Waals surface area contributed by atoms with Gasteiger partial charge >= 0.3 is 0 Å². The Labute approximate surface area is 157 Å². The van der Waals surface area contributed by atoms with Crippen LogP contribution >= 0.6 is 0 Å². The highest BCUT2D eigenvalue weighted by Gasteiger charge is 2.22. The lowest BCUT2D eigenvalue weighted by Gasteiger charge is -2.10. The van der Waals surface area contributed by atoms with Crippen LogP contribution in [0.15, 0.2) is 60.7 Å². The highest BCUT2D eigenvalue weighted by molar-refractivity contribution is 6.10. The van der Waals surface area contributed by atoms with Crippen LogP contribution in [-0.2, 0) is 0 Å². The molecule has 5 heteroatoms. The van der Waals surface area contributed by atoms with Crippen LogP contribution in [0.3, 0.4) is 0 Å². The molecule has 0 saturated heterocycles. The van der Waals surface area contributed by atoms with E-state index in [2.05, 4.69) is 10.6 Å². The zero-order valence-electron chi connectivity index (χ0n) is 15.0. The molecule has 5 nitrogen and oxygen atoms in total. The van der Waals surface area contributed by atoms with Gasteiger partial charge in [-0.25, -0.2) is 0 Å². The molecule has 3 aromatic rings. The molecule has 27 heavy (non-hydrogen) atoms. The van der Waals surface area contributed by atoms with Crippen molar-refractivity contribution in [1.82, 2.24) is 0 Å². The lowest BCUT2D eigenvalue weighted by molar-refractivity contribution is 0.101. The minimum Gasteiger partial charge on any atom is -0.454 e. The zero-order valence-corrected chi connectivity index (χ0v) is 15.0. The molecule has 0 unspecified atom stereocenters. The molecule has 134 valence electrons. The van der Waals surface area contributed by atoms with Crippen molar-refractivity contribution in [2.45, 2.75) is 13.8 Å². The van der Waals surface area contributed by atoms with Crippen molar-refractivity contribution >= 4 is 23.2 Å². The largest absolute Gasteiger partial charge is 0.454 e. The van der Waals surface area contributed by atoms with Crippen molar-refractivity contribution in [3.05, 3.63) is 82.9 Å². The maximum absolute atomic E-state index is 12.7. The van der Waals surface area contributed by atoms with Gasteiger partial charge in [0.1, 0.15) is 5.75 Å². The summed E-state index contributed by atoms with van der Waals surface area (Å²) in [5, 5.41) is 5.72. The fourth-order valence-electron chi connectivity index (χ4n) is 2.97. The SMILES string of the molecule is Cc1ccc(C(=O)Nc2ccc3c(c2)C(=O)Nc2c(C)cccc2O3)cc1. The Morgan fingerprint density at radius 1 is 0.963 bits per heavy atom. The third kappa shape index (κ3) is 3.27. The van der Waals surface area contributed by atoms with Gasteiger partial charge in [0, 0.05) is 11.3 Å². The van der Waals surface area contributed by atoms with E-state index in [-0.39, 0.29) is 11.8 Å². The Kier molecular flexibility index (Phi) is 4.12. The molecular weight excluding hydrogens is 340 g/mol. The minimum atomic E-state index is -0.274. The molecule has 4 rings (SSSR count). The monoisotopic (exact) mass is 358 g/mol. The predicted octanol–water partition coefficient (Wildman–Crippen LogP) is 4.91. The standard InChI is InChI=1S/C22H18N2O3/c1-13-6-8-15(9-7-13)21(25)23-16-10-11-18-17(12-16)22(26)24-20-14(2)4-3-5-19(20)27-18/h3-12H,1-2H3,(H,23,25)(H,24,26). The third-order valence-corrected chi connectivity index (χ3v) is 4.49. The summed E-state index contributed by atoms with van der Waals surface area (Å²) in [7, 11) is 0. The van der Waals surface area contributed by atoms with Gasteiger partial charge in [0.15, 0.2) is 5.75 Å². The molecule has 2 amide bonds. The molecule has 1 aliphatic rings. The number of fused-ring (bicyclic) bond motifs is 2. The molecule has 0 radical (unpaired) electrons. The van der Waals surface area contributed by atoms with E-state index in [1.54, 1.807) is 30.3 Å². The van der Waals surface area contributed by atoms with Gasteiger partial charge in [-0.1, -0.05) is 29.8 Å². The molecular formula is C22H18N2O3. The van der Waals surface area contributed by atoms with Crippen LogP contribution in [0.1, 0.15) is 31.8 Å². The van der Waals surface area contributed by atoms with Crippen LogP contribution in [0.5, 0.6) is 11.5 Å². The average molecular weight is 358 g/mol. The predicted molar refractivity (Wildman–Crippen MR) is 105 cm³/mol. The van der Waals surface area contributed by atoms with Crippen molar-refractivity contribution < 1.29 is 14.3 Å². The summed E-state index contributed by atoms with van der Waals surface area (Å²) in [4.78, 5) is 25.1. The average Bonchev–Trinajstić information content (AvgIpc) is 2.79. The van der Waals surface area contributed by atoms with Crippen molar-refractivity contribution in [3.8, 4) is 11.5 Å². The van der Waals surface area contributed by atoms with Crippen molar-refractivity contribution in [2.24, 2.45) is 0 Å². The van der Waals surface area contributed by atoms with Crippen LogP contribution in [0.2, 0.25) is 0 Å². The van der Waals surface area contributed by atoms with Gasteiger partial charge in [-0.15, -0.1) is 0 Å². The number of ether oxygens (including phenoxy) is 1. The van der Waals surface area contributed by atoms with Crippen molar-refractivity contribution in [1.29, 1.82) is 0 Å². The van der Waals surface area contributed by atoms with E-state index in [1.165, 1.54) is 0 Å². The maximum Gasteiger partial charge on any atom is 0.259 e. The summed E-state index contributed by atoms with van der Waals surface area (Å²) < 4.78 is 5.92. The van der Waals surface area contributed by atoms with Crippen LogP contribution < -0.4 is 15.4 Å². The molecule has 0 bridgehead atoms. The summed E-state index contributed by atoms with van der Waals surface area (Å²) in [5.41, 5.74) is 4.11. The summed E-state index contributed by atoms with van der Waals surface area (Å²) in [6.45, 7) is 3.87. The second kappa shape index (κ2) is 6.61. The third-order valence-electron chi connectivity index (χ3n) is 4.49. The van der Waals surface area contributed by atoms with Crippen LogP contribution in [-0.4, -0.2) is 11.8 Å². The van der Waals surface area contributed by atoms with Crippen molar-refractivity contribution in [3.63, 3.8) is 0 Å². The highest BCUT2D eigenvalue weighted by Crippen LogP contribution is 2.38. The number of para-hydroxylation sites is 1. The lowest BCUT2D eigenvalue weighted by Crippen LogP contribution is -2.14. The molecule has 1 aliphatic heterocycles. The molecule has 0 atom stereocenters. The van der Waals surface area contributed by atoms with E-state index >= 15 is 0 Å². The number of amides is 2. The van der Waals surface area contributed by atoms with Crippen LogP contribution in [0, 0.1) is 13.8 Å². The van der Waals surface area contributed by atoms with Crippen LogP contribution in [0.4, 0.5) is 11.4 Å². The second-order valence-electron chi connectivity index (χ2n) is 6.54. The maximum atomic E-state index is 12.7. The van der Waals surface area contributed by atoms with Gasteiger partial charge in [0.2, 0.25) is 0 Å². The van der Waals surface area contributed by atoms with Gasteiger partial charge in [-0.3, -0.25) is 9.59 Å². The summed E-state index contributed by atoms with van der Waals surface area (Å²) in [6, 6.07) is 17.9. The van der Waals surface area contributed by atoms with Gasteiger partial charge in [-0.05, 0) is 55.8 Å². The van der Waals surface area contributed by atoms with E-state index < -0.39 is 0 Å². The Morgan fingerprint density at radius 3 is 2.52 bits per heavy atom. The number of carbonyl (C=O) groups is 2. The normalized spacial score (nSPS) is 12.1. The Morgan fingerprint density at radius 2 is 1.74 bits per heavy atom. The first-order valence-corrected chi connectivity index (χ1v) is 8.62. The van der Waals surface area contributed by atoms with E-state index in [9.17, 15) is 9.59 Å². The Hall–Kier alpha value is -3.60. The number of benzene rings is 3. The number of carbonyl (C=O) groups excluding carboxylic acids is 2. The molecule has 0 aromatic heterocycles. The number of nitrogens with one attached hydrogen (secondary N) is 2. The van der Waals surface area contributed by atoms with Crippen LogP contribution in [0.25, 0.3) is 0 Å². The second-order valence-corrected chi connectivity index (χ2v) is 6.54. The lowest BCUT2D eigenvalue weighted by atomic mass is 10.1. The number of hydrogen-bond acceptors (Lipinski definition) is 3. The van der Waals surface area contributed by atoms with Gasteiger partial charge in [0.05, 0.1) is 11.3 Å². The highest BCUT2D eigenvalue weighted by atomic mass is 16.5. The molecule has 0 saturated carbocycles. The number of aryl methyl sites for hydroxylation is 2. The number of rotatable bonds is 2. The molecule has 3 aromatic carbocycles. The van der Waals surface area contributed by atoms with E-state index in [4.69, 9.17) is 4.74 Å². The minimum absolute atomic E-state index is 0.232. The Bertz CT molecular complexity index is 1060. The molecule has 1 heterocycles. The van der Waals surface area contributed by atoms with Gasteiger partial charge < -0.3 is 15.4 Å². The van der Waals surface area contributed by atoms with E-state index in [0.717, 1.165) is 11.1 Å². The first kappa shape index (κ1) is 16.8. The van der Waals surface area contributed by atoms with E-state index in [1.807, 2.05) is 44.2 Å². The molecule has 0 spiro atoms. The smallest absolute Gasteiger partial charge is 0.259 e. The zero-order chi connectivity index (χ0) is 19.0. The number of anilines is 2. The Balaban J connectivity index is 1.63. The fourth-order valence-corrected chi connectivity index (χ4v) is 2.97. The quantitative estimate of drug-likeness (QED) is 0.684. The summed E-state index contributed by atoms with van der Waals surface area (Å²) in [5.74, 6) is 0.539. The fraction of sp³-hybridized carbons (Fsp3) is 0.0909. The van der Waals surface area contributed by atoms with E-state index in [0.29, 0.717) is 34.0 Å². The molecule has 0 aliphatic carbocycles. The first-order valence-electron chi connectivity index (χ1n) is 8.62.